The molecular formula is C24H27Cl2N9. The summed E-state index contributed by atoms with van der Waals surface area (Å²) >= 11 is 12.4. The molecule has 1 aromatic heterocycles. The number of pyridine rings is 1. The molecule has 0 saturated carbocycles. The predicted molar refractivity (Wildman–Crippen MR) is 142 cm³/mol. The summed E-state index contributed by atoms with van der Waals surface area (Å²) in [5.41, 5.74) is 15.9. The first-order chi connectivity index (χ1) is 17.0. The smallest absolute Gasteiger partial charge is 0.187 e. The number of aliphatic imine (C=N–C) groups is 1. The Hall–Kier alpha value is -3.08. The van der Waals surface area contributed by atoms with Crippen LogP contribution in [-0.2, 0) is 6.54 Å². The van der Waals surface area contributed by atoms with Gasteiger partial charge in [0.05, 0.1) is 21.3 Å². The lowest BCUT2D eigenvalue weighted by atomic mass is 10.0. The van der Waals surface area contributed by atoms with Crippen molar-refractivity contribution in [1.82, 2.24) is 14.8 Å². The van der Waals surface area contributed by atoms with Gasteiger partial charge in [0.2, 0.25) is 0 Å². The van der Waals surface area contributed by atoms with E-state index in [9.17, 15) is 0 Å². The third-order valence-corrected chi connectivity index (χ3v) is 6.69. The van der Waals surface area contributed by atoms with Gasteiger partial charge in [-0.1, -0.05) is 58.8 Å². The van der Waals surface area contributed by atoms with Crippen LogP contribution in [0.3, 0.4) is 0 Å². The molecule has 0 unspecified atom stereocenters. The fraction of sp³-hybridized carbons (Fsp3) is 0.250. The summed E-state index contributed by atoms with van der Waals surface area (Å²) in [4.78, 5) is 13.5. The maximum absolute atomic E-state index is 6.29. The Labute approximate surface area is 214 Å². The Bertz CT molecular complexity index is 1220. The minimum absolute atomic E-state index is 0.178. The second-order valence-corrected chi connectivity index (χ2v) is 8.94. The molecular weight excluding hydrogens is 485 g/mol. The number of hydrogen-bond acceptors (Lipinski definition) is 7. The van der Waals surface area contributed by atoms with Crippen molar-refractivity contribution >= 4 is 40.5 Å². The van der Waals surface area contributed by atoms with Gasteiger partial charge in [-0.05, 0) is 29.3 Å². The van der Waals surface area contributed by atoms with E-state index in [-0.39, 0.29) is 11.7 Å². The number of anilines is 1. The van der Waals surface area contributed by atoms with Gasteiger partial charge in [0, 0.05) is 51.2 Å². The summed E-state index contributed by atoms with van der Waals surface area (Å²) in [5, 5.41) is 8.03. The van der Waals surface area contributed by atoms with E-state index in [1.165, 1.54) is 5.56 Å². The topological polar surface area (TPSA) is 135 Å². The normalized spacial score (nSPS) is 15.7. The fourth-order valence-electron chi connectivity index (χ4n) is 3.89. The highest BCUT2D eigenvalue weighted by atomic mass is 35.5. The van der Waals surface area contributed by atoms with E-state index < -0.39 is 0 Å². The number of hydrogen-bond donors (Lipinski definition) is 3. The number of halogens is 2. The molecule has 0 amide bonds. The molecule has 35 heavy (non-hydrogen) atoms. The minimum atomic E-state index is 0.178. The molecule has 4 rings (SSSR count). The fourth-order valence-corrected chi connectivity index (χ4v) is 4.22. The van der Waals surface area contributed by atoms with E-state index in [4.69, 9.17) is 40.5 Å². The zero-order chi connectivity index (χ0) is 24.8. The average Bonchev–Trinajstić information content (AvgIpc) is 2.88. The summed E-state index contributed by atoms with van der Waals surface area (Å²) in [6.07, 6.45) is 1.71. The molecule has 0 radical (unpaired) electrons. The Morgan fingerprint density at radius 2 is 1.69 bits per heavy atom. The van der Waals surface area contributed by atoms with Crippen LogP contribution in [0.4, 0.5) is 11.5 Å². The predicted octanol–water partition coefficient (Wildman–Crippen LogP) is 4.08. The second-order valence-electron chi connectivity index (χ2n) is 8.15. The Kier molecular flexibility index (Phi) is 8.27. The maximum atomic E-state index is 6.29. The van der Waals surface area contributed by atoms with Crippen LogP contribution in [0.2, 0.25) is 10.0 Å². The van der Waals surface area contributed by atoms with E-state index >= 15 is 0 Å². The molecule has 0 bridgehead atoms. The summed E-state index contributed by atoms with van der Waals surface area (Å²) in [7, 11) is 0. The number of piperazine rings is 1. The lowest BCUT2D eigenvalue weighted by Gasteiger charge is -2.33. The molecule has 2 aromatic carbocycles. The van der Waals surface area contributed by atoms with Crippen LogP contribution in [0, 0.1) is 0 Å². The van der Waals surface area contributed by atoms with Gasteiger partial charge in [0.15, 0.2) is 5.84 Å². The first-order valence-corrected chi connectivity index (χ1v) is 11.9. The van der Waals surface area contributed by atoms with Crippen molar-refractivity contribution in [2.75, 3.05) is 38.6 Å². The maximum Gasteiger partial charge on any atom is 0.187 e. The number of aromatic nitrogens is 1. The van der Waals surface area contributed by atoms with Gasteiger partial charge in [-0.3, -0.25) is 9.80 Å². The summed E-state index contributed by atoms with van der Waals surface area (Å²) in [5.74, 6) is 5.76. The van der Waals surface area contributed by atoms with Gasteiger partial charge < -0.3 is 17.3 Å². The van der Waals surface area contributed by atoms with Crippen LogP contribution >= 0.6 is 23.2 Å². The third-order valence-electron chi connectivity index (χ3n) is 5.89. The molecule has 9 nitrogen and oxygen atoms in total. The SMILES string of the molecule is NCN1CCN(Cc2ccc(-c3cnc(N)c(C(N=NN)=Nc4cccc(Cl)c4Cl)c3)cc2)CC1. The number of benzene rings is 2. The number of rotatable bonds is 6. The van der Waals surface area contributed by atoms with E-state index in [0.717, 1.165) is 43.9 Å². The van der Waals surface area contributed by atoms with E-state index in [2.05, 4.69) is 54.4 Å². The van der Waals surface area contributed by atoms with Crippen molar-refractivity contribution in [2.45, 2.75) is 6.54 Å². The van der Waals surface area contributed by atoms with Crippen molar-refractivity contribution in [3.8, 4) is 11.1 Å². The molecule has 11 heteroatoms. The second kappa shape index (κ2) is 11.6. The number of amidine groups is 1. The molecule has 2 heterocycles. The zero-order valence-corrected chi connectivity index (χ0v) is 20.6. The van der Waals surface area contributed by atoms with Gasteiger partial charge in [-0.15, -0.1) is 5.11 Å². The van der Waals surface area contributed by atoms with Crippen molar-refractivity contribution in [2.24, 2.45) is 26.9 Å². The van der Waals surface area contributed by atoms with E-state index in [1.807, 2.05) is 6.07 Å². The molecule has 1 fully saturated rings. The first-order valence-electron chi connectivity index (χ1n) is 11.1. The molecule has 3 aromatic rings. The van der Waals surface area contributed by atoms with Gasteiger partial charge in [0.1, 0.15) is 5.82 Å². The first kappa shape index (κ1) is 25.0. The van der Waals surface area contributed by atoms with Gasteiger partial charge in [-0.25, -0.2) is 9.98 Å². The zero-order valence-electron chi connectivity index (χ0n) is 19.1. The number of nitrogen functional groups attached to an aromatic ring is 1. The van der Waals surface area contributed by atoms with Crippen LogP contribution in [0.5, 0.6) is 0 Å². The van der Waals surface area contributed by atoms with Crippen molar-refractivity contribution in [3.05, 3.63) is 75.9 Å². The van der Waals surface area contributed by atoms with Crippen LogP contribution in [0.1, 0.15) is 11.1 Å². The highest BCUT2D eigenvalue weighted by Gasteiger charge is 2.16. The Balaban J connectivity index is 1.57. The van der Waals surface area contributed by atoms with E-state index in [1.54, 1.807) is 24.4 Å². The summed E-state index contributed by atoms with van der Waals surface area (Å²) < 4.78 is 0. The van der Waals surface area contributed by atoms with E-state index in [0.29, 0.717) is 28.0 Å². The number of nitrogens with two attached hydrogens (primary N) is 3. The molecule has 1 saturated heterocycles. The van der Waals surface area contributed by atoms with Crippen LogP contribution in [0.25, 0.3) is 11.1 Å². The van der Waals surface area contributed by atoms with Crippen LogP contribution < -0.4 is 17.3 Å². The van der Waals surface area contributed by atoms with Gasteiger partial charge in [-0.2, -0.15) is 0 Å². The van der Waals surface area contributed by atoms with Crippen molar-refractivity contribution in [3.63, 3.8) is 0 Å². The van der Waals surface area contributed by atoms with Gasteiger partial charge >= 0.3 is 0 Å². The summed E-state index contributed by atoms with van der Waals surface area (Å²) in [6, 6.07) is 15.4. The van der Waals surface area contributed by atoms with Crippen LogP contribution in [-0.4, -0.2) is 53.5 Å². The standard InChI is InChI=1S/C24H27Cl2N9/c25-20-2-1-3-21(22(20)26)31-24(32-33-29)19-12-18(13-30-23(19)28)17-6-4-16(5-7-17)14-34-8-10-35(15-27)11-9-34/h1-7,12-13H,8-11,14-15,27H2,(H2,28,30)(H2,29,31,32). The molecule has 0 spiro atoms. The summed E-state index contributed by atoms with van der Waals surface area (Å²) in [6.45, 7) is 5.54. The monoisotopic (exact) mass is 511 g/mol. The highest BCUT2D eigenvalue weighted by Crippen LogP contribution is 2.33. The van der Waals surface area contributed by atoms with Gasteiger partial charge in [0.25, 0.3) is 0 Å². The largest absolute Gasteiger partial charge is 0.383 e. The van der Waals surface area contributed by atoms with Crippen LogP contribution in [0.15, 0.2) is 70.1 Å². The molecule has 1 aliphatic heterocycles. The third kappa shape index (κ3) is 6.14. The lowest BCUT2D eigenvalue weighted by Crippen LogP contribution is -2.47. The molecule has 0 aliphatic carbocycles. The molecule has 1 aliphatic rings. The number of nitrogens with zero attached hydrogens (tertiary/aromatic N) is 6. The molecule has 6 N–H and O–H groups in total. The average molecular weight is 512 g/mol. The van der Waals surface area contributed by atoms with Crippen molar-refractivity contribution in [1.29, 1.82) is 0 Å². The van der Waals surface area contributed by atoms with Crippen molar-refractivity contribution < 1.29 is 0 Å². The lowest BCUT2D eigenvalue weighted by molar-refractivity contribution is 0.129. The Morgan fingerprint density at radius 3 is 2.37 bits per heavy atom. The molecule has 182 valence electrons. The Morgan fingerprint density at radius 1 is 0.971 bits per heavy atom. The molecule has 0 atom stereocenters. The quantitative estimate of drug-likeness (QED) is 0.150. The highest BCUT2D eigenvalue weighted by molar-refractivity contribution is 6.43. The minimum Gasteiger partial charge on any atom is -0.383 e.